The van der Waals surface area contributed by atoms with Crippen LogP contribution in [0, 0.1) is 0 Å². The number of esters is 1. The molecule has 2 aromatic rings. The highest BCUT2D eigenvalue weighted by atomic mass is 16.5. The van der Waals surface area contributed by atoms with E-state index in [2.05, 4.69) is 5.32 Å². The summed E-state index contributed by atoms with van der Waals surface area (Å²) in [5.41, 5.74) is 1.68. The number of hydrogen-bond donors (Lipinski definition) is 1. The van der Waals surface area contributed by atoms with E-state index in [0.29, 0.717) is 23.6 Å². The monoisotopic (exact) mass is 398 g/mol. The third-order valence-corrected chi connectivity index (χ3v) is 4.41. The van der Waals surface area contributed by atoms with Crippen molar-refractivity contribution >= 4 is 23.5 Å². The highest BCUT2D eigenvalue weighted by Crippen LogP contribution is 2.33. The van der Waals surface area contributed by atoms with Crippen molar-refractivity contribution in [1.82, 2.24) is 5.32 Å². The molecule has 3 rings (SSSR count). The van der Waals surface area contributed by atoms with Gasteiger partial charge in [-0.25, -0.2) is 4.79 Å². The van der Waals surface area contributed by atoms with Gasteiger partial charge < -0.3 is 24.4 Å². The lowest BCUT2D eigenvalue weighted by Crippen LogP contribution is -2.51. The van der Waals surface area contributed by atoms with Crippen LogP contribution in [-0.4, -0.2) is 51.2 Å². The van der Waals surface area contributed by atoms with Crippen molar-refractivity contribution in [3.05, 3.63) is 59.7 Å². The molecule has 0 bridgehead atoms. The zero-order valence-corrected chi connectivity index (χ0v) is 16.2. The van der Waals surface area contributed by atoms with E-state index in [1.165, 1.54) is 11.9 Å². The number of carbonyl (C=O) groups is 3. The zero-order valence-electron chi connectivity index (χ0n) is 16.2. The van der Waals surface area contributed by atoms with E-state index in [1.807, 2.05) is 6.07 Å². The third-order valence-electron chi connectivity index (χ3n) is 4.41. The Morgan fingerprint density at radius 2 is 1.97 bits per heavy atom. The first kappa shape index (κ1) is 20.3. The smallest absolute Gasteiger partial charge is 0.338 e. The minimum absolute atomic E-state index is 0.0242. The summed E-state index contributed by atoms with van der Waals surface area (Å²) in [6.07, 6.45) is -0.847. The quantitative estimate of drug-likeness (QED) is 0.742. The van der Waals surface area contributed by atoms with Crippen molar-refractivity contribution in [3.8, 4) is 5.75 Å². The molecule has 0 aromatic heterocycles. The molecule has 1 N–H and O–H groups in total. The van der Waals surface area contributed by atoms with E-state index in [9.17, 15) is 14.4 Å². The number of ether oxygens (including phenoxy) is 3. The molecule has 0 spiro atoms. The molecule has 2 amide bonds. The van der Waals surface area contributed by atoms with Crippen LogP contribution >= 0.6 is 0 Å². The van der Waals surface area contributed by atoms with E-state index in [0.717, 1.165) is 5.56 Å². The molecule has 0 fully saturated rings. The number of likely N-dealkylation sites (N-methyl/N-ethyl adjacent to an activating group) is 1. The molecule has 0 radical (unpaired) electrons. The average molecular weight is 398 g/mol. The van der Waals surface area contributed by atoms with Crippen LogP contribution in [0.3, 0.4) is 0 Å². The lowest BCUT2D eigenvalue weighted by atomic mass is 10.1. The Bertz CT molecular complexity index is 914. The predicted molar refractivity (Wildman–Crippen MR) is 105 cm³/mol. The third kappa shape index (κ3) is 4.72. The Morgan fingerprint density at radius 1 is 1.17 bits per heavy atom. The second kappa shape index (κ2) is 9.20. The van der Waals surface area contributed by atoms with Gasteiger partial charge in [-0.05, 0) is 29.8 Å². The van der Waals surface area contributed by atoms with Gasteiger partial charge in [0.25, 0.3) is 11.8 Å². The van der Waals surface area contributed by atoms with E-state index < -0.39 is 24.6 Å². The van der Waals surface area contributed by atoms with Crippen molar-refractivity contribution in [2.45, 2.75) is 12.7 Å². The maximum absolute atomic E-state index is 12.8. The van der Waals surface area contributed by atoms with Crippen LogP contribution in [0.4, 0.5) is 5.69 Å². The number of hydrogen-bond acceptors (Lipinski definition) is 6. The molecule has 0 aliphatic carbocycles. The SMILES string of the molecule is CNC(=O)[C@@H]1CN(C(=O)COC(=O)c2cccc(COC)c2)c2ccccc2O1. The minimum atomic E-state index is -0.847. The van der Waals surface area contributed by atoms with Crippen LogP contribution < -0.4 is 15.0 Å². The van der Waals surface area contributed by atoms with Crippen molar-refractivity contribution < 1.29 is 28.6 Å². The van der Waals surface area contributed by atoms with E-state index in [4.69, 9.17) is 14.2 Å². The first-order valence-electron chi connectivity index (χ1n) is 9.06. The highest BCUT2D eigenvalue weighted by molar-refractivity contribution is 5.99. The number of carbonyl (C=O) groups excluding carboxylic acids is 3. The molecule has 1 heterocycles. The van der Waals surface area contributed by atoms with Gasteiger partial charge in [-0.2, -0.15) is 0 Å². The number of fused-ring (bicyclic) bond motifs is 1. The fourth-order valence-corrected chi connectivity index (χ4v) is 3.01. The second-order valence-electron chi connectivity index (χ2n) is 6.40. The summed E-state index contributed by atoms with van der Waals surface area (Å²) in [6, 6.07) is 13.7. The fraction of sp³-hybridized carbons (Fsp3) is 0.286. The Hall–Kier alpha value is -3.39. The first-order chi connectivity index (χ1) is 14.0. The van der Waals surface area contributed by atoms with Gasteiger partial charge in [0.05, 0.1) is 24.4 Å². The lowest BCUT2D eigenvalue weighted by molar-refractivity contribution is -0.128. The van der Waals surface area contributed by atoms with Gasteiger partial charge in [0.1, 0.15) is 5.75 Å². The number of nitrogens with one attached hydrogen (secondary N) is 1. The van der Waals surface area contributed by atoms with Gasteiger partial charge in [0.2, 0.25) is 0 Å². The molecule has 0 saturated heterocycles. The number of methoxy groups -OCH3 is 1. The van der Waals surface area contributed by atoms with E-state index in [-0.39, 0.29) is 12.5 Å². The van der Waals surface area contributed by atoms with Gasteiger partial charge in [-0.1, -0.05) is 24.3 Å². The van der Waals surface area contributed by atoms with Crippen LogP contribution in [0.1, 0.15) is 15.9 Å². The van der Waals surface area contributed by atoms with Crippen molar-refractivity contribution in [2.75, 3.05) is 32.2 Å². The molecule has 1 aliphatic heterocycles. The van der Waals surface area contributed by atoms with Crippen LogP contribution in [0.15, 0.2) is 48.5 Å². The first-order valence-corrected chi connectivity index (χ1v) is 9.06. The van der Waals surface area contributed by atoms with E-state index >= 15 is 0 Å². The molecule has 1 atom stereocenters. The zero-order chi connectivity index (χ0) is 20.8. The molecule has 2 aromatic carbocycles. The summed E-state index contributed by atoms with van der Waals surface area (Å²) in [5, 5.41) is 2.51. The number of anilines is 1. The van der Waals surface area contributed by atoms with Crippen LogP contribution in [0.25, 0.3) is 0 Å². The Labute approximate surface area is 168 Å². The number of para-hydroxylation sites is 2. The summed E-state index contributed by atoms with van der Waals surface area (Å²) < 4.78 is 15.9. The predicted octanol–water partition coefficient (Wildman–Crippen LogP) is 1.53. The van der Waals surface area contributed by atoms with Crippen LogP contribution in [0.5, 0.6) is 5.75 Å². The summed E-state index contributed by atoms with van der Waals surface area (Å²) in [6.45, 7) is -0.0655. The summed E-state index contributed by atoms with van der Waals surface area (Å²) in [5.74, 6) is -0.986. The molecule has 29 heavy (non-hydrogen) atoms. The van der Waals surface area contributed by atoms with Gasteiger partial charge >= 0.3 is 5.97 Å². The average Bonchev–Trinajstić information content (AvgIpc) is 2.76. The Kier molecular flexibility index (Phi) is 6.46. The maximum Gasteiger partial charge on any atom is 0.338 e. The number of nitrogens with zero attached hydrogens (tertiary/aromatic N) is 1. The second-order valence-corrected chi connectivity index (χ2v) is 6.40. The summed E-state index contributed by atoms with van der Waals surface area (Å²) in [4.78, 5) is 38.5. The van der Waals surface area contributed by atoms with Gasteiger partial charge in [-0.3, -0.25) is 9.59 Å². The summed E-state index contributed by atoms with van der Waals surface area (Å²) >= 11 is 0. The summed E-state index contributed by atoms with van der Waals surface area (Å²) in [7, 11) is 3.06. The van der Waals surface area contributed by atoms with Crippen LogP contribution in [0.2, 0.25) is 0 Å². The number of rotatable bonds is 6. The Morgan fingerprint density at radius 3 is 2.72 bits per heavy atom. The van der Waals surface area contributed by atoms with Gasteiger partial charge in [-0.15, -0.1) is 0 Å². The minimum Gasteiger partial charge on any atom is -0.477 e. The molecular weight excluding hydrogens is 376 g/mol. The van der Waals surface area contributed by atoms with E-state index in [1.54, 1.807) is 49.6 Å². The molecule has 8 nitrogen and oxygen atoms in total. The molecule has 0 unspecified atom stereocenters. The maximum atomic E-state index is 12.8. The normalized spacial score (nSPS) is 15.1. The molecule has 152 valence electrons. The number of benzene rings is 2. The molecule has 1 aliphatic rings. The van der Waals surface area contributed by atoms with Gasteiger partial charge in [0, 0.05) is 14.2 Å². The van der Waals surface area contributed by atoms with Crippen molar-refractivity contribution in [3.63, 3.8) is 0 Å². The largest absolute Gasteiger partial charge is 0.477 e. The Balaban J connectivity index is 1.70. The molecule has 8 heteroatoms. The van der Waals surface area contributed by atoms with Crippen molar-refractivity contribution in [1.29, 1.82) is 0 Å². The van der Waals surface area contributed by atoms with Gasteiger partial charge in [0.15, 0.2) is 12.7 Å². The fourth-order valence-electron chi connectivity index (χ4n) is 3.01. The van der Waals surface area contributed by atoms with Crippen molar-refractivity contribution in [2.24, 2.45) is 0 Å². The molecule has 0 saturated carbocycles. The lowest BCUT2D eigenvalue weighted by Gasteiger charge is -2.33. The topological polar surface area (TPSA) is 94.2 Å². The number of amides is 2. The molecular formula is C21H22N2O6. The van der Waals surface area contributed by atoms with Crippen LogP contribution in [-0.2, 0) is 25.7 Å². The standard InChI is InChI=1S/C21H22N2O6/c1-22-20(25)18-11-23(16-8-3-4-9-17(16)29-18)19(24)13-28-21(26)15-7-5-6-14(10-15)12-27-2/h3-10,18H,11-13H2,1-2H3,(H,22,25)/t18-/m0/s1. The highest BCUT2D eigenvalue weighted by Gasteiger charge is 2.33.